The van der Waals surface area contributed by atoms with E-state index in [0.717, 1.165) is 17.6 Å². The summed E-state index contributed by atoms with van der Waals surface area (Å²) in [7, 11) is 2.42. The van der Waals surface area contributed by atoms with Gasteiger partial charge in [-0.1, -0.05) is 90.9 Å². The maximum Gasteiger partial charge on any atom is 0.102 e. The van der Waals surface area contributed by atoms with E-state index in [1.54, 1.807) is 0 Å². The molecule has 1 N–H and O–H groups in total. The van der Waals surface area contributed by atoms with Gasteiger partial charge in [0.05, 0.1) is 40.0 Å². The fraction of sp³-hybridized carbons (Fsp3) is 1.00. The van der Waals surface area contributed by atoms with E-state index in [0.29, 0.717) is 6.61 Å². The van der Waals surface area contributed by atoms with Gasteiger partial charge in [0.25, 0.3) is 0 Å². The molecule has 0 amide bonds. The maximum absolute atomic E-state index is 8.92. The Kier molecular flexibility index (Phi) is 21.5. The number of hydrogen-bond donors (Lipinski definition) is 1. The Balaban J connectivity index is 3.94. The van der Waals surface area contributed by atoms with Crippen LogP contribution in [0.1, 0.15) is 117 Å². The molecule has 170 valence electrons. The molecule has 0 spiro atoms. The Morgan fingerprint density at radius 3 is 1.32 bits per heavy atom. The number of unbranched alkanes of at least 4 members (excludes halogenated alkanes) is 14. The van der Waals surface area contributed by atoms with Crippen LogP contribution in [0.5, 0.6) is 0 Å². The Morgan fingerprint density at radius 1 is 0.536 bits per heavy atom. The third-order valence-electron chi connectivity index (χ3n) is 6.11. The summed E-state index contributed by atoms with van der Waals surface area (Å²) in [4.78, 5) is 0. The van der Waals surface area contributed by atoms with Crippen molar-refractivity contribution in [3.63, 3.8) is 0 Å². The summed E-state index contributed by atoms with van der Waals surface area (Å²) in [6, 6.07) is 0. The van der Waals surface area contributed by atoms with Crippen molar-refractivity contribution in [2.24, 2.45) is 0 Å². The van der Waals surface area contributed by atoms with Crippen molar-refractivity contribution in [1.82, 2.24) is 0 Å². The summed E-state index contributed by atoms with van der Waals surface area (Å²) in [5.41, 5.74) is 0. The van der Waals surface area contributed by atoms with Gasteiger partial charge in [0.2, 0.25) is 0 Å². The Bertz CT molecular complexity index is 276. The van der Waals surface area contributed by atoms with Crippen molar-refractivity contribution < 1.29 is 14.3 Å². The monoisotopic (exact) mass is 400 g/mol. The second kappa shape index (κ2) is 21.6. The van der Waals surface area contributed by atoms with E-state index in [-0.39, 0.29) is 6.61 Å². The lowest BCUT2D eigenvalue weighted by atomic mass is 10.1. The minimum Gasteiger partial charge on any atom is -0.394 e. The Morgan fingerprint density at radius 2 is 0.929 bits per heavy atom. The largest absolute Gasteiger partial charge is 0.394 e. The molecule has 0 unspecified atom stereocenters. The molecule has 3 heteroatoms. The SMILES string of the molecule is CCCCCCCCCC[N+](C)(CCCCCCCCCC)CCOCCO. The molecule has 0 radical (unpaired) electrons. The minimum atomic E-state index is 0.139. The van der Waals surface area contributed by atoms with Crippen LogP contribution in [0.15, 0.2) is 0 Å². The van der Waals surface area contributed by atoms with E-state index in [1.807, 2.05) is 0 Å². The zero-order valence-corrected chi connectivity index (χ0v) is 19.9. The van der Waals surface area contributed by atoms with Crippen molar-refractivity contribution in [1.29, 1.82) is 0 Å². The highest BCUT2D eigenvalue weighted by molar-refractivity contribution is 4.50. The lowest BCUT2D eigenvalue weighted by Gasteiger charge is -2.35. The highest BCUT2D eigenvalue weighted by Crippen LogP contribution is 2.14. The van der Waals surface area contributed by atoms with Crippen molar-refractivity contribution >= 4 is 0 Å². The van der Waals surface area contributed by atoms with Gasteiger partial charge in [0, 0.05) is 0 Å². The first-order chi connectivity index (χ1) is 13.7. The third kappa shape index (κ3) is 19.2. The molecule has 3 nitrogen and oxygen atoms in total. The van der Waals surface area contributed by atoms with E-state index in [2.05, 4.69) is 20.9 Å². The van der Waals surface area contributed by atoms with Crippen LogP contribution < -0.4 is 0 Å². The lowest BCUT2D eigenvalue weighted by molar-refractivity contribution is -0.910. The van der Waals surface area contributed by atoms with Crippen LogP contribution >= 0.6 is 0 Å². The number of aliphatic hydroxyl groups is 1. The number of aliphatic hydroxyl groups excluding tert-OH is 1. The molecule has 0 saturated carbocycles. The number of ether oxygens (including phenoxy) is 1. The van der Waals surface area contributed by atoms with Crippen LogP contribution in [0.3, 0.4) is 0 Å². The van der Waals surface area contributed by atoms with E-state index in [9.17, 15) is 0 Å². The number of nitrogens with zero attached hydrogens (tertiary/aromatic N) is 1. The van der Waals surface area contributed by atoms with Crippen LogP contribution in [0.25, 0.3) is 0 Å². The highest BCUT2D eigenvalue weighted by Gasteiger charge is 2.20. The molecule has 0 rings (SSSR count). The molecule has 0 saturated heterocycles. The Labute approximate surface area is 177 Å². The normalized spacial score (nSPS) is 12.0. The van der Waals surface area contributed by atoms with Gasteiger partial charge in [-0.15, -0.1) is 0 Å². The lowest BCUT2D eigenvalue weighted by Crippen LogP contribution is -2.47. The minimum absolute atomic E-state index is 0.139. The van der Waals surface area contributed by atoms with E-state index >= 15 is 0 Å². The smallest absolute Gasteiger partial charge is 0.102 e. The molecule has 0 aromatic rings. The first-order valence-electron chi connectivity index (χ1n) is 12.7. The van der Waals surface area contributed by atoms with Crippen LogP contribution in [0.2, 0.25) is 0 Å². The van der Waals surface area contributed by atoms with Gasteiger partial charge in [-0.2, -0.15) is 0 Å². The van der Waals surface area contributed by atoms with Crippen molar-refractivity contribution in [2.45, 2.75) is 117 Å². The number of rotatable bonds is 23. The molecule has 0 aliphatic carbocycles. The van der Waals surface area contributed by atoms with Crippen LogP contribution in [0.4, 0.5) is 0 Å². The predicted octanol–water partition coefficient (Wildman–Crippen LogP) is 6.72. The summed E-state index contributed by atoms with van der Waals surface area (Å²) in [6.45, 7) is 9.64. The third-order valence-corrected chi connectivity index (χ3v) is 6.11. The van der Waals surface area contributed by atoms with Gasteiger partial charge in [0.15, 0.2) is 0 Å². The second-order valence-corrected chi connectivity index (χ2v) is 9.08. The fourth-order valence-electron chi connectivity index (χ4n) is 4.04. The molecule has 0 aromatic carbocycles. The molecular formula is C25H54NO2+. The molecule has 28 heavy (non-hydrogen) atoms. The van der Waals surface area contributed by atoms with E-state index in [1.165, 1.54) is 116 Å². The highest BCUT2D eigenvalue weighted by atomic mass is 16.5. The maximum atomic E-state index is 8.92. The van der Waals surface area contributed by atoms with Gasteiger partial charge in [-0.05, 0) is 25.7 Å². The van der Waals surface area contributed by atoms with Gasteiger partial charge >= 0.3 is 0 Å². The molecule has 0 atom stereocenters. The summed E-state index contributed by atoms with van der Waals surface area (Å²) < 4.78 is 6.73. The zero-order chi connectivity index (χ0) is 20.8. The molecule has 0 aromatic heterocycles. The first kappa shape index (κ1) is 27.9. The second-order valence-electron chi connectivity index (χ2n) is 9.08. The summed E-state index contributed by atoms with van der Waals surface area (Å²) in [6.07, 6.45) is 22.3. The number of likely N-dealkylation sites (N-methyl/N-ethyl adjacent to an activating group) is 1. The predicted molar refractivity (Wildman–Crippen MR) is 124 cm³/mol. The zero-order valence-electron chi connectivity index (χ0n) is 19.9. The molecule has 0 fully saturated rings. The van der Waals surface area contributed by atoms with Crippen molar-refractivity contribution in [3.8, 4) is 0 Å². The first-order valence-corrected chi connectivity index (χ1v) is 12.7. The number of hydrogen-bond acceptors (Lipinski definition) is 2. The van der Waals surface area contributed by atoms with Crippen molar-refractivity contribution in [3.05, 3.63) is 0 Å². The van der Waals surface area contributed by atoms with Gasteiger partial charge in [0.1, 0.15) is 6.54 Å². The van der Waals surface area contributed by atoms with Crippen LogP contribution in [-0.4, -0.2) is 56.1 Å². The van der Waals surface area contributed by atoms with E-state index < -0.39 is 0 Å². The summed E-state index contributed by atoms with van der Waals surface area (Å²) in [5.74, 6) is 0. The molecule has 0 bridgehead atoms. The quantitative estimate of drug-likeness (QED) is 0.152. The van der Waals surface area contributed by atoms with E-state index in [4.69, 9.17) is 9.84 Å². The topological polar surface area (TPSA) is 29.5 Å². The molecular weight excluding hydrogens is 346 g/mol. The molecule has 0 aliphatic rings. The Hall–Kier alpha value is -0.120. The standard InChI is InChI=1S/C25H54NO2/c1-4-6-8-10-12-14-16-18-20-26(3,22-24-28-25-23-27)21-19-17-15-13-11-9-7-5-2/h27H,4-25H2,1-3H3/q+1. The van der Waals surface area contributed by atoms with Crippen LogP contribution in [0, 0.1) is 0 Å². The average Bonchev–Trinajstić information content (AvgIpc) is 2.69. The summed E-state index contributed by atoms with van der Waals surface area (Å²) in [5, 5.41) is 8.92. The van der Waals surface area contributed by atoms with Gasteiger partial charge in [-0.3, -0.25) is 0 Å². The van der Waals surface area contributed by atoms with Crippen LogP contribution in [-0.2, 0) is 4.74 Å². The fourth-order valence-corrected chi connectivity index (χ4v) is 4.04. The van der Waals surface area contributed by atoms with Gasteiger partial charge < -0.3 is 14.3 Å². The summed E-state index contributed by atoms with van der Waals surface area (Å²) >= 11 is 0. The van der Waals surface area contributed by atoms with Gasteiger partial charge in [-0.25, -0.2) is 0 Å². The number of quaternary nitrogens is 1. The molecule has 0 heterocycles. The van der Waals surface area contributed by atoms with Crippen molar-refractivity contribution in [2.75, 3.05) is 46.5 Å². The molecule has 0 aliphatic heterocycles. The average molecular weight is 401 g/mol.